The van der Waals surface area contributed by atoms with Gasteiger partial charge in [-0.2, -0.15) is 0 Å². The molecule has 0 saturated carbocycles. The highest BCUT2D eigenvalue weighted by molar-refractivity contribution is 6.34. The average molecular weight is 284 g/mol. The van der Waals surface area contributed by atoms with Gasteiger partial charge in [-0.1, -0.05) is 65.2 Å². The fourth-order valence-electron chi connectivity index (χ4n) is 2.28. The Balaban J connectivity index is 3.95. The zero-order valence-electron chi connectivity index (χ0n) is 13.3. The first-order valence-corrected chi connectivity index (χ1v) is 8.22. The number of hydrogen-bond acceptors (Lipinski definition) is 2. The summed E-state index contributed by atoms with van der Waals surface area (Å²) >= 11 is 0. The number of hydrogen-bond donors (Lipinski definition) is 1. The summed E-state index contributed by atoms with van der Waals surface area (Å²) in [6.45, 7) is 5.69. The van der Waals surface area contributed by atoms with Gasteiger partial charge in [-0.3, -0.25) is 9.59 Å². The van der Waals surface area contributed by atoms with Crippen LogP contribution >= 0.6 is 0 Å². The first-order chi connectivity index (χ1) is 9.63. The Morgan fingerprint density at radius 2 is 1.15 bits per heavy atom. The summed E-state index contributed by atoms with van der Waals surface area (Å²) in [4.78, 5) is 24.4. The van der Waals surface area contributed by atoms with E-state index in [0.29, 0.717) is 13.1 Å². The molecule has 118 valence electrons. The molecule has 0 bridgehead atoms. The van der Waals surface area contributed by atoms with Crippen molar-refractivity contribution in [1.29, 1.82) is 0 Å². The number of unbranched alkanes of at least 4 members (excludes halogenated alkanes) is 8. The molecular weight excluding hydrogens is 252 g/mol. The number of rotatable bonds is 12. The maximum atomic E-state index is 11.7. The Labute approximate surface area is 124 Å². The lowest BCUT2D eigenvalue weighted by Crippen LogP contribution is -2.41. The molecule has 4 nitrogen and oxygen atoms in total. The van der Waals surface area contributed by atoms with Crippen molar-refractivity contribution in [2.45, 2.75) is 78.1 Å². The molecular formula is C16H32N2O2. The van der Waals surface area contributed by atoms with E-state index in [1.165, 1.54) is 38.5 Å². The Kier molecular flexibility index (Phi) is 12.3. The van der Waals surface area contributed by atoms with Gasteiger partial charge in [0.1, 0.15) is 0 Å². The molecule has 0 unspecified atom stereocenters. The summed E-state index contributed by atoms with van der Waals surface area (Å²) < 4.78 is 0. The minimum Gasteiger partial charge on any atom is -0.361 e. The fourth-order valence-corrected chi connectivity index (χ4v) is 2.28. The zero-order chi connectivity index (χ0) is 15.2. The standard InChI is InChI=1S/C16H32N2O2/c1-3-5-7-9-11-13-18(16(20)15(17)19)14-12-10-8-6-4-2/h3-14H2,1-2H3,(H2,17,19). The van der Waals surface area contributed by atoms with Crippen LogP contribution in [0.4, 0.5) is 0 Å². The molecule has 0 fully saturated rings. The van der Waals surface area contributed by atoms with Gasteiger partial charge < -0.3 is 10.6 Å². The topological polar surface area (TPSA) is 63.4 Å². The molecule has 4 heteroatoms. The predicted octanol–water partition coefficient (Wildman–Crippen LogP) is 3.24. The molecule has 0 rings (SSSR count). The molecule has 0 radical (unpaired) electrons. The second-order valence-corrected chi connectivity index (χ2v) is 5.48. The predicted molar refractivity (Wildman–Crippen MR) is 83.3 cm³/mol. The van der Waals surface area contributed by atoms with Crippen molar-refractivity contribution >= 4 is 11.8 Å². The van der Waals surface area contributed by atoms with Gasteiger partial charge in [0.15, 0.2) is 0 Å². The van der Waals surface area contributed by atoms with Crippen LogP contribution in [0.25, 0.3) is 0 Å². The van der Waals surface area contributed by atoms with E-state index in [9.17, 15) is 9.59 Å². The molecule has 0 aliphatic heterocycles. The average Bonchev–Trinajstić information content (AvgIpc) is 2.43. The van der Waals surface area contributed by atoms with Gasteiger partial charge in [-0.15, -0.1) is 0 Å². The Morgan fingerprint density at radius 3 is 1.50 bits per heavy atom. The number of nitrogens with zero attached hydrogens (tertiary/aromatic N) is 1. The highest BCUT2D eigenvalue weighted by Gasteiger charge is 2.17. The third-order valence-corrected chi connectivity index (χ3v) is 3.56. The molecule has 20 heavy (non-hydrogen) atoms. The van der Waals surface area contributed by atoms with Gasteiger partial charge in [0.25, 0.3) is 0 Å². The van der Waals surface area contributed by atoms with Gasteiger partial charge in [-0.05, 0) is 12.8 Å². The van der Waals surface area contributed by atoms with E-state index in [1.54, 1.807) is 4.90 Å². The van der Waals surface area contributed by atoms with Crippen molar-refractivity contribution in [2.75, 3.05) is 13.1 Å². The van der Waals surface area contributed by atoms with Crippen molar-refractivity contribution in [2.24, 2.45) is 5.73 Å². The van der Waals surface area contributed by atoms with Gasteiger partial charge >= 0.3 is 11.8 Å². The third-order valence-electron chi connectivity index (χ3n) is 3.56. The summed E-state index contributed by atoms with van der Waals surface area (Å²) in [7, 11) is 0. The summed E-state index contributed by atoms with van der Waals surface area (Å²) in [5, 5.41) is 0. The van der Waals surface area contributed by atoms with Crippen LogP contribution < -0.4 is 5.73 Å². The van der Waals surface area contributed by atoms with Crippen molar-refractivity contribution in [1.82, 2.24) is 4.90 Å². The van der Waals surface area contributed by atoms with Crippen LogP contribution in [0, 0.1) is 0 Å². The van der Waals surface area contributed by atoms with Gasteiger partial charge in [0.05, 0.1) is 0 Å². The summed E-state index contributed by atoms with van der Waals surface area (Å²) in [5.74, 6) is -1.34. The number of primary amides is 1. The molecule has 0 spiro atoms. The molecule has 0 aromatic rings. The van der Waals surface area contributed by atoms with E-state index in [1.807, 2.05) is 0 Å². The quantitative estimate of drug-likeness (QED) is 0.441. The number of nitrogens with two attached hydrogens (primary N) is 1. The second kappa shape index (κ2) is 12.9. The van der Waals surface area contributed by atoms with E-state index in [4.69, 9.17) is 5.73 Å². The minimum absolute atomic E-state index is 0.518. The van der Waals surface area contributed by atoms with E-state index in [-0.39, 0.29) is 0 Å². The van der Waals surface area contributed by atoms with E-state index < -0.39 is 11.8 Å². The first kappa shape index (κ1) is 18.9. The van der Waals surface area contributed by atoms with Crippen LogP contribution in [0.15, 0.2) is 0 Å². The smallest absolute Gasteiger partial charge is 0.311 e. The van der Waals surface area contributed by atoms with E-state index in [2.05, 4.69) is 13.8 Å². The van der Waals surface area contributed by atoms with Crippen molar-refractivity contribution < 1.29 is 9.59 Å². The normalized spacial score (nSPS) is 10.5. The highest BCUT2D eigenvalue weighted by Crippen LogP contribution is 2.07. The Hall–Kier alpha value is -1.06. The molecule has 0 atom stereocenters. The lowest BCUT2D eigenvalue weighted by molar-refractivity contribution is -0.144. The van der Waals surface area contributed by atoms with Crippen LogP contribution in [0.2, 0.25) is 0 Å². The van der Waals surface area contributed by atoms with Crippen LogP contribution in [-0.2, 0) is 9.59 Å². The molecule has 0 aromatic carbocycles. The minimum atomic E-state index is -0.827. The summed E-state index contributed by atoms with van der Waals surface area (Å²) in [5.41, 5.74) is 5.11. The maximum absolute atomic E-state index is 11.7. The molecule has 0 aliphatic carbocycles. The monoisotopic (exact) mass is 284 g/mol. The van der Waals surface area contributed by atoms with Crippen LogP contribution in [0.5, 0.6) is 0 Å². The third kappa shape index (κ3) is 9.82. The van der Waals surface area contributed by atoms with E-state index in [0.717, 1.165) is 25.7 Å². The van der Waals surface area contributed by atoms with E-state index >= 15 is 0 Å². The largest absolute Gasteiger partial charge is 0.361 e. The summed E-state index contributed by atoms with van der Waals surface area (Å²) in [6.07, 6.45) is 11.5. The molecule has 0 saturated heterocycles. The van der Waals surface area contributed by atoms with Crippen molar-refractivity contribution in [3.8, 4) is 0 Å². The van der Waals surface area contributed by atoms with Gasteiger partial charge in [0, 0.05) is 13.1 Å². The molecule has 0 aromatic heterocycles. The fraction of sp³-hybridized carbons (Fsp3) is 0.875. The SMILES string of the molecule is CCCCCCCN(CCCCCCC)C(=O)C(N)=O. The zero-order valence-corrected chi connectivity index (χ0v) is 13.3. The number of carbonyl (C=O) groups is 2. The second-order valence-electron chi connectivity index (χ2n) is 5.48. The van der Waals surface area contributed by atoms with Crippen molar-refractivity contribution in [3.63, 3.8) is 0 Å². The van der Waals surface area contributed by atoms with Crippen LogP contribution in [0.1, 0.15) is 78.1 Å². The highest BCUT2D eigenvalue weighted by atomic mass is 16.2. The Morgan fingerprint density at radius 1 is 0.750 bits per heavy atom. The Bertz CT molecular complexity index is 253. The van der Waals surface area contributed by atoms with Crippen LogP contribution in [-0.4, -0.2) is 29.8 Å². The van der Waals surface area contributed by atoms with Crippen molar-refractivity contribution in [3.05, 3.63) is 0 Å². The van der Waals surface area contributed by atoms with Gasteiger partial charge in [0.2, 0.25) is 0 Å². The molecule has 2 N–H and O–H groups in total. The molecule has 0 heterocycles. The lowest BCUT2D eigenvalue weighted by atomic mass is 10.1. The van der Waals surface area contributed by atoms with Gasteiger partial charge in [-0.25, -0.2) is 0 Å². The molecule has 2 amide bonds. The number of carbonyl (C=O) groups excluding carboxylic acids is 2. The maximum Gasteiger partial charge on any atom is 0.311 e. The van der Waals surface area contributed by atoms with Crippen LogP contribution in [0.3, 0.4) is 0 Å². The lowest BCUT2D eigenvalue weighted by Gasteiger charge is -2.21. The number of amides is 2. The first-order valence-electron chi connectivity index (χ1n) is 8.22. The summed E-state index contributed by atoms with van der Waals surface area (Å²) in [6, 6.07) is 0. The molecule has 0 aliphatic rings.